The van der Waals surface area contributed by atoms with Crippen molar-refractivity contribution < 1.29 is 9.53 Å². The Balaban J connectivity index is 1.60. The van der Waals surface area contributed by atoms with Crippen LogP contribution in [0.5, 0.6) is 5.75 Å². The number of rotatable bonds is 3. The Kier molecular flexibility index (Phi) is 3.71. The molecule has 0 spiro atoms. The quantitative estimate of drug-likeness (QED) is 0.791. The number of nitrogens with zero attached hydrogens (tertiary/aromatic N) is 2. The SMILES string of the molecule is Cc1nc2c(cc(OCC(=O)N3CC[C@H](N)C3)c3ccsc32)s1. The van der Waals surface area contributed by atoms with E-state index >= 15 is 0 Å². The maximum absolute atomic E-state index is 12.2. The number of likely N-dealkylation sites (tertiary alicyclic amines) is 1. The molecule has 3 heterocycles. The van der Waals surface area contributed by atoms with Crippen LogP contribution in [0.1, 0.15) is 11.4 Å². The second kappa shape index (κ2) is 5.74. The first-order valence-electron chi connectivity index (χ1n) is 7.55. The van der Waals surface area contributed by atoms with Crippen LogP contribution >= 0.6 is 22.7 Å². The van der Waals surface area contributed by atoms with Gasteiger partial charge in [-0.15, -0.1) is 22.7 Å². The highest BCUT2D eigenvalue weighted by Gasteiger charge is 2.24. The highest BCUT2D eigenvalue weighted by atomic mass is 32.1. The minimum Gasteiger partial charge on any atom is -0.483 e. The van der Waals surface area contributed by atoms with Crippen LogP contribution in [0.4, 0.5) is 0 Å². The maximum Gasteiger partial charge on any atom is 0.260 e. The molecule has 0 aliphatic carbocycles. The molecule has 2 aromatic heterocycles. The molecule has 0 unspecified atom stereocenters. The topological polar surface area (TPSA) is 68.5 Å². The molecule has 0 bridgehead atoms. The first-order chi connectivity index (χ1) is 11.1. The minimum atomic E-state index is 0.00177. The van der Waals surface area contributed by atoms with Gasteiger partial charge in [-0.05, 0) is 24.8 Å². The zero-order valence-electron chi connectivity index (χ0n) is 12.7. The van der Waals surface area contributed by atoms with E-state index in [1.807, 2.05) is 24.4 Å². The molecule has 1 aromatic carbocycles. The van der Waals surface area contributed by atoms with E-state index in [2.05, 4.69) is 4.98 Å². The summed E-state index contributed by atoms with van der Waals surface area (Å²) >= 11 is 3.30. The number of benzene rings is 1. The number of aromatic nitrogens is 1. The van der Waals surface area contributed by atoms with Crippen LogP contribution in [-0.2, 0) is 4.79 Å². The Labute approximate surface area is 141 Å². The van der Waals surface area contributed by atoms with Crippen molar-refractivity contribution in [3.63, 3.8) is 0 Å². The summed E-state index contributed by atoms with van der Waals surface area (Å²) in [6.07, 6.45) is 0.868. The van der Waals surface area contributed by atoms with E-state index in [-0.39, 0.29) is 18.6 Å². The largest absolute Gasteiger partial charge is 0.483 e. The molecule has 120 valence electrons. The van der Waals surface area contributed by atoms with E-state index < -0.39 is 0 Å². The van der Waals surface area contributed by atoms with Gasteiger partial charge >= 0.3 is 0 Å². The lowest BCUT2D eigenvalue weighted by atomic mass is 10.2. The standard InChI is InChI=1S/C16H17N3O2S2/c1-9-18-15-13(23-9)6-12(11-3-5-22-16(11)15)21-8-14(20)19-4-2-10(17)7-19/h3,5-6,10H,2,4,7-8,17H2,1H3/t10-/m0/s1. The zero-order valence-corrected chi connectivity index (χ0v) is 14.4. The fourth-order valence-corrected chi connectivity index (χ4v) is 4.78. The lowest BCUT2D eigenvalue weighted by Gasteiger charge is -2.16. The summed E-state index contributed by atoms with van der Waals surface area (Å²) in [6.45, 7) is 3.42. The van der Waals surface area contributed by atoms with Gasteiger partial charge in [0.25, 0.3) is 5.91 Å². The molecule has 7 heteroatoms. The summed E-state index contributed by atoms with van der Waals surface area (Å²) in [5.74, 6) is 0.760. The van der Waals surface area contributed by atoms with Crippen molar-refractivity contribution in [3.05, 3.63) is 22.5 Å². The number of carbonyl (C=O) groups excluding carboxylic acids is 1. The van der Waals surface area contributed by atoms with Gasteiger partial charge in [0, 0.05) is 30.6 Å². The molecule has 1 atom stereocenters. The smallest absolute Gasteiger partial charge is 0.260 e. The molecule has 0 saturated carbocycles. The Hall–Kier alpha value is -1.70. The molecule has 1 aliphatic heterocycles. The maximum atomic E-state index is 12.2. The third kappa shape index (κ3) is 2.69. The number of thiophene rings is 1. The van der Waals surface area contributed by atoms with Crippen molar-refractivity contribution in [3.8, 4) is 5.75 Å². The highest BCUT2D eigenvalue weighted by molar-refractivity contribution is 7.21. The summed E-state index contributed by atoms with van der Waals surface area (Å²) in [5, 5.41) is 4.10. The Morgan fingerprint density at radius 3 is 3.22 bits per heavy atom. The zero-order chi connectivity index (χ0) is 16.0. The van der Waals surface area contributed by atoms with Crippen LogP contribution in [0.2, 0.25) is 0 Å². The molecule has 4 rings (SSSR count). The van der Waals surface area contributed by atoms with Crippen LogP contribution in [0.3, 0.4) is 0 Å². The number of thiazole rings is 1. The average molecular weight is 347 g/mol. The predicted molar refractivity (Wildman–Crippen MR) is 94.4 cm³/mol. The predicted octanol–water partition coefficient (Wildman–Crippen LogP) is 2.76. The van der Waals surface area contributed by atoms with Gasteiger partial charge in [-0.25, -0.2) is 4.98 Å². The summed E-state index contributed by atoms with van der Waals surface area (Å²) in [4.78, 5) is 18.6. The molecule has 1 fully saturated rings. The number of nitrogens with two attached hydrogens (primary N) is 1. The van der Waals surface area contributed by atoms with Gasteiger partial charge in [-0.2, -0.15) is 0 Å². The third-order valence-corrected chi connectivity index (χ3v) is 5.94. The van der Waals surface area contributed by atoms with Gasteiger partial charge in [0.05, 0.1) is 19.9 Å². The summed E-state index contributed by atoms with van der Waals surface area (Å²) in [5.41, 5.74) is 6.89. The van der Waals surface area contributed by atoms with Crippen LogP contribution in [0.25, 0.3) is 20.3 Å². The van der Waals surface area contributed by atoms with Crippen LogP contribution in [0.15, 0.2) is 17.5 Å². The van der Waals surface area contributed by atoms with Crippen LogP contribution in [-0.4, -0.2) is 41.5 Å². The molecule has 1 aliphatic rings. The third-order valence-electron chi connectivity index (χ3n) is 4.10. The minimum absolute atomic E-state index is 0.00177. The van der Waals surface area contributed by atoms with Gasteiger partial charge in [0.2, 0.25) is 0 Å². The molecule has 5 nitrogen and oxygen atoms in total. The van der Waals surface area contributed by atoms with Crippen molar-refractivity contribution >= 4 is 48.9 Å². The molecule has 1 amide bonds. The Morgan fingerprint density at radius 2 is 2.43 bits per heavy atom. The first kappa shape index (κ1) is 14.9. The van der Waals surface area contributed by atoms with E-state index in [1.54, 1.807) is 27.6 Å². The van der Waals surface area contributed by atoms with Gasteiger partial charge in [-0.3, -0.25) is 4.79 Å². The van der Waals surface area contributed by atoms with E-state index in [1.165, 1.54) is 0 Å². The second-order valence-corrected chi connectivity index (χ2v) is 7.95. The number of fused-ring (bicyclic) bond motifs is 3. The molecule has 1 saturated heterocycles. The lowest BCUT2D eigenvalue weighted by Crippen LogP contribution is -2.35. The number of aryl methyl sites for hydroxylation is 1. The fraction of sp³-hybridized carbons (Fsp3) is 0.375. The van der Waals surface area contributed by atoms with Gasteiger partial charge in [-0.1, -0.05) is 0 Å². The molecule has 0 radical (unpaired) electrons. The monoisotopic (exact) mass is 347 g/mol. The number of hydrogen-bond donors (Lipinski definition) is 1. The lowest BCUT2D eigenvalue weighted by molar-refractivity contribution is -0.132. The van der Waals surface area contributed by atoms with E-state index in [9.17, 15) is 4.79 Å². The van der Waals surface area contributed by atoms with E-state index in [0.29, 0.717) is 6.54 Å². The van der Waals surface area contributed by atoms with Crippen molar-refractivity contribution in [2.24, 2.45) is 5.73 Å². The van der Waals surface area contributed by atoms with Crippen molar-refractivity contribution in [1.82, 2.24) is 9.88 Å². The van der Waals surface area contributed by atoms with Crippen molar-refractivity contribution in [2.75, 3.05) is 19.7 Å². The molecule has 23 heavy (non-hydrogen) atoms. The highest BCUT2D eigenvalue weighted by Crippen LogP contribution is 2.38. The molecule has 3 aromatic rings. The average Bonchev–Trinajstić information content (AvgIpc) is 3.22. The van der Waals surface area contributed by atoms with E-state index in [0.717, 1.165) is 44.0 Å². The van der Waals surface area contributed by atoms with E-state index in [4.69, 9.17) is 10.5 Å². The summed E-state index contributed by atoms with van der Waals surface area (Å²) in [6, 6.07) is 4.12. The van der Waals surface area contributed by atoms with Crippen LogP contribution < -0.4 is 10.5 Å². The Morgan fingerprint density at radius 1 is 1.57 bits per heavy atom. The summed E-state index contributed by atoms with van der Waals surface area (Å²) in [7, 11) is 0. The molecular weight excluding hydrogens is 330 g/mol. The fourth-order valence-electron chi connectivity index (χ4n) is 2.95. The molecular formula is C16H17N3O2S2. The number of carbonyl (C=O) groups is 1. The van der Waals surface area contributed by atoms with Crippen molar-refractivity contribution in [2.45, 2.75) is 19.4 Å². The van der Waals surface area contributed by atoms with Crippen molar-refractivity contribution in [1.29, 1.82) is 0 Å². The normalized spacial score (nSPS) is 18.2. The van der Waals surface area contributed by atoms with Crippen LogP contribution in [0, 0.1) is 6.92 Å². The number of amides is 1. The second-order valence-electron chi connectivity index (χ2n) is 5.79. The van der Waals surface area contributed by atoms with Gasteiger partial charge < -0.3 is 15.4 Å². The van der Waals surface area contributed by atoms with Gasteiger partial charge in [0.15, 0.2) is 6.61 Å². The van der Waals surface area contributed by atoms with Gasteiger partial charge in [0.1, 0.15) is 5.75 Å². The number of ether oxygens (including phenoxy) is 1. The number of hydrogen-bond acceptors (Lipinski definition) is 6. The Bertz CT molecular complexity index is 886. The first-order valence-corrected chi connectivity index (χ1v) is 9.25. The molecule has 2 N–H and O–H groups in total. The summed E-state index contributed by atoms with van der Waals surface area (Å²) < 4.78 is 8.08.